The fraction of sp³-hybridized carbons (Fsp3) is 0.182. The van der Waals surface area contributed by atoms with E-state index in [-0.39, 0.29) is 5.91 Å². The maximum absolute atomic E-state index is 11.6. The van der Waals surface area contributed by atoms with E-state index in [0.29, 0.717) is 13.0 Å². The molecule has 0 saturated heterocycles. The van der Waals surface area contributed by atoms with Gasteiger partial charge in [-0.05, 0) is 18.2 Å². The van der Waals surface area contributed by atoms with Crippen molar-refractivity contribution in [1.82, 2.24) is 14.8 Å². The third-order valence-electron chi connectivity index (χ3n) is 2.17. The number of nitrogens with zero attached hydrogens (tertiary/aromatic N) is 3. The number of carbonyl (C=O) groups excluding carboxylic acids is 1. The van der Waals surface area contributed by atoms with Crippen LogP contribution in [-0.2, 0) is 11.3 Å². The van der Waals surface area contributed by atoms with E-state index >= 15 is 0 Å². The fourth-order valence-corrected chi connectivity index (χ4v) is 1.76. The van der Waals surface area contributed by atoms with Gasteiger partial charge in [-0.1, -0.05) is 22.0 Å². The molecule has 0 fully saturated rings. The van der Waals surface area contributed by atoms with Gasteiger partial charge in [0.15, 0.2) is 0 Å². The zero-order valence-corrected chi connectivity index (χ0v) is 10.6. The molecule has 2 rings (SSSR count). The SMILES string of the molecule is O=C(CCn1cnnc1)Nc1cccc(Br)c1. The number of halogens is 1. The predicted octanol–water partition coefficient (Wildman–Crippen LogP) is 2.07. The lowest BCUT2D eigenvalue weighted by molar-refractivity contribution is -0.116. The molecular formula is C11H11BrN4O. The number of anilines is 1. The van der Waals surface area contributed by atoms with E-state index in [4.69, 9.17) is 0 Å². The largest absolute Gasteiger partial charge is 0.326 e. The first-order valence-electron chi connectivity index (χ1n) is 5.12. The Morgan fingerprint density at radius 3 is 2.82 bits per heavy atom. The van der Waals surface area contributed by atoms with Crippen LogP contribution in [0.1, 0.15) is 6.42 Å². The second-order valence-corrected chi connectivity index (χ2v) is 4.42. The van der Waals surface area contributed by atoms with Gasteiger partial charge in [0, 0.05) is 23.1 Å². The lowest BCUT2D eigenvalue weighted by atomic mass is 10.3. The molecule has 0 spiro atoms. The summed E-state index contributed by atoms with van der Waals surface area (Å²) in [5.41, 5.74) is 0.785. The minimum Gasteiger partial charge on any atom is -0.326 e. The number of nitrogens with one attached hydrogen (secondary N) is 1. The van der Waals surface area contributed by atoms with Gasteiger partial charge >= 0.3 is 0 Å². The number of hydrogen-bond acceptors (Lipinski definition) is 3. The second kappa shape index (κ2) is 5.58. The lowest BCUT2D eigenvalue weighted by Crippen LogP contribution is -2.13. The van der Waals surface area contributed by atoms with Crippen LogP contribution < -0.4 is 5.32 Å². The summed E-state index contributed by atoms with van der Waals surface area (Å²) in [6, 6.07) is 7.49. The summed E-state index contributed by atoms with van der Waals surface area (Å²) in [7, 11) is 0. The number of hydrogen-bond donors (Lipinski definition) is 1. The third-order valence-corrected chi connectivity index (χ3v) is 2.67. The molecule has 0 saturated carbocycles. The first kappa shape index (κ1) is 11.8. The molecule has 0 aliphatic carbocycles. The van der Waals surface area contributed by atoms with Crippen LogP contribution in [0.25, 0.3) is 0 Å². The van der Waals surface area contributed by atoms with Crippen molar-refractivity contribution in [2.45, 2.75) is 13.0 Å². The first-order chi connectivity index (χ1) is 8.24. The topological polar surface area (TPSA) is 59.8 Å². The Hall–Kier alpha value is -1.69. The smallest absolute Gasteiger partial charge is 0.226 e. The van der Waals surface area contributed by atoms with Crippen molar-refractivity contribution in [2.24, 2.45) is 0 Å². The van der Waals surface area contributed by atoms with Gasteiger partial charge in [0.2, 0.25) is 5.91 Å². The molecule has 1 heterocycles. The van der Waals surface area contributed by atoms with Gasteiger partial charge in [-0.25, -0.2) is 0 Å². The first-order valence-corrected chi connectivity index (χ1v) is 5.91. The molecule has 0 bridgehead atoms. The summed E-state index contributed by atoms with van der Waals surface area (Å²) in [5, 5.41) is 10.2. The summed E-state index contributed by atoms with van der Waals surface area (Å²) < 4.78 is 2.70. The number of aryl methyl sites for hydroxylation is 1. The Morgan fingerprint density at radius 2 is 2.12 bits per heavy atom. The monoisotopic (exact) mass is 294 g/mol. The Morgan fingerprint density at radius 1 is 1.35 bits per heavy atom. The van der Waals surface area contributed by atoms with E-state index in [9.17, 15) is 4.79 Å². The average Bonchev–Trinajstić information content (AvgIpc) is 2.79. The van der Waals surface area contributed by atoms with Crippen molar-refractivity contribution in [2.75, 3.05) is 5.32 Å². The van der Waals surface area contributed by atoms with Crippen LogP contribution in [0.3, 0.4) is 0 Å². The highest BCUT2D eigenvalue weighted by molar-refractivity contribution is 9.10. The van der Waals surface area contributed by atoms with Crippen LogP contribution in [0.2, 0.25) is 0 Å². The molecule has 0 unspecified atom stereocenters. The van der Waals surface area contributed by atoms with Crippen molar-refractivity contribution < 1.29 is 4.79 Å². The third kappa shape index (κ3) is 3.67. The molecule has 1 amide bonds. The van der Waals surface area contributed by atoms with Crippen molar-refractivity contribution >= 4 is 27.5 Å². The van der Waals surface area contributed by atoms with Gasteiger partial charge in [-0.15, -0.1) is 10.2 Å². The Kier molecular flexibility index (Phi) is 3.87. The highest BCUT2D eigenvalue weighted by Gasteiger charge is 2.03. The lowest BCUT2D eigenvalue weighted by Gasteiger charge is -2.05. The maximum Gasteiger partial charge on any atom is 0.226 e. The van der Waals surface area contributed by atoms with Gasteiger partial charge in [0.25, 0.3) is 0 Å². The van der Waals surface area contributed by atoms with Gasteiger partial charge in [-0.2, -0.15) is 0 Å². The molecule has 2 aromatic rings. The minimum atomic E-state index is -0.0307. The van der Waals surface area contributed by atoms with Crippen LogP contribution in [0, 0.1) is 0 Å². The number of amides is 1. The second-order valence-electron chi connectivity index (χ2n) is 3.51. The van der Waals surface area contributed by atoms with E-state index in [2.05, 4.69) is 31.4 Å². The van der Waals surface area contributed by atoms with Gasteiger partial charge in [0.05, 0.1) is 0 Å². The van der Waals surface area contributed by atoms with E-state index in [1.807, 2.05) is 24.3 Å². The van der Waals surface area contributed by atoms with Crippen LogP contribution in [0.15, 0.2) is 41.4 Å². The summed E-state index contributed by atoms with van der Waals surface area (Å²) in [4.78, 5) is 11.6. The normalized spacial score (nSPS) is 10.2. The molecule has 1 aromatic heterocycles. The number of aromatic nitrogens is 3. The highest BCUT2D eigenvalue weighted by atomic mass is 79.9. The van der Waals surface area contributed by atoms with Gasteiger partial charge < -0.3 is 9.88 Å². The van der Waals surface area contributed by atoms with Crippen LogP contribution in [-0.4, -0.2) is 20.7 Å². The standard InChI is InChI=1S/C11H11BrN4O/c12-9-2-1-3-10(6-9)15-11(17)4-5-16-7-13-14-8-16/h1-3,6-8H,4-5H2,(H,15,17). The highest BCUT2D eigenvalue weighted by Crippen LogP contribution is 2.15. The predicted molar refractivity (Wildman–Crippen MR) is 67.4 cm³/mol. The Bertz CT molecular complexity index is 498. The molecule has 88 valence electrons. The number of rotatable bonds is 4. The van der Waals surface area contributed by atoms with Gasteiger partial charge in [0.1, 0.15) is 12.7 Å². The van der Waals surface area contributed by atoms with E-state index in [1.165, 1.54) is 0 Å². The zero-order valence-electron chi connectivity index (χ0n) is 9.01. The summed E-state index contributed by atoms with van der Waals surface area (Å²) in [6.45, 7) is 0.576. The van der Waals surface area contributed by atoms with E-state index in [1.54, 1.807) is 17.2 Å². The van der Waals surface area contributed by atoms with E-state index in [0.717, 1.165) is 10.2 Å². The van der Waals surface area contributed by atoms with Crippen molar-refractivity contribution in [3.63, 3.8) is 0 Å². The summed E-state index contributed by atoms with van der Waals surface area (Å²) in [5.74, 6) is -0.0307. The molecule has 1 aromatic carbocycles. The molecule has 5 nitrogen and oxygen atoms in total. The van der Waals surface area contributed by atoms with Crippen molar-refractivity contribution in [3.05, 3.63) is 41.4 Å². The molecule has 1 N–H and O–H groups in total. The van der Waals surface area contributed by atoms with E-state index < -0.39 is 0 Å². The van der Waals surface area contributed by atoms with Crippen molar-refractivity contribution in [3.8, 4) is 0 Å². The molecule has 6 heteroatoms. The summed E-state index contributed by atoms with van der Waals surface area (Å²) >= 11 is 3.35. The molecule has 17 heavy (non-hydrogen) atoms. The fourth-order valence-electron chi connectivity index (χ4n) is 1.36. The Labute approximate surface area is 107 Å². The minimum absolute atomic E-state index is 0.0307. The number of benzene rings is 1. The number of carbonyl (C=O) groups is 1. The van der Waals surface area contributed by atoms with Crippen LogP contribution in [0.4, 0.5) is 5.69 Å². The molecule has 0 atom stereocenters. The van der Waals surface area contributed by atoms with Gasteiger partial charge in [-0.3, -0.25) is 4.79 Å². The van der Waals surface area contributed by atoms with Crippen molar-refractivity contribution in [1.29, 1.82) is 0 Å². The molecule has 0 aliphatic heterocycles. The maximum atomic E-state index is 11.6. The summed E-state index contributed by atoms with van der Waals surface area (Å²) in [6.07, 6.45) is 3.57. The van der Waals surface area contributed by atoms with Crippen LogP contribution in [0.5, 0.6) is 0 Å². The molecule has 0 radical (unpaired) electrons. The zero-order chi connectivity index (χ0) is 12.1. The quantitative estimate of drug-likeness (QED) is 0.939. The average molecular weight is 295 g/mol. The van der Waals surface area contributed by atoms with Crippen LogP contribution >= 0.6 is 15.9 Å². The molecular weight excluding hydrogens is 284 g/mol. The molecule has 0 aliphatic rings. The Balaban J connectivity index is 1.85.